The lowest BCUT2D eigenvalue weighted by Gasteiger charge is -2.33. The summed E-state index contributed by atoms with van der Waals surface area (Å²) >= 11 is 0. The Labute approximate surface area is 208 Å². The predicted octanol–water partition coefficient (Wildman–Crippen LogP) is 3.80. The minimum absolute atomic E-state index is 0.000663. The molecule has 184 valence electrons. The van der Waals surface area contributed by atoms with Crippen LogP contribution in [-0.2, 0) is 14.4 Å². The fourth-order valence-corrected chi connectivity index (χ4v) is 5.39. The number of carbonyl (C=O) groups is 3. The van der Waals surface area contributed by atoms with E-state index < -0.39 is 0 Å². The third-order valence-electron chi connectivity index (χ3n) is 7.35. The third-order valence-corrected chi connectivity index (χ3v) is 7.35. The molecule has 1 N–H and O–H groups in total. The molecule has 0 aromatic heterocycles. The van der Waals surface area contributed by atoms with Crippen molar-refractivity contribution >= 4 is 39.9 Å². The lowest BCUT2D eigenvalue weighted by Crippen LogP contribution is -2.44. The molecule has 2 fully saturated rings. The van der Waals surface area contributed by atoms with Crippen LogP contribution in [0.25, 0.3) is 10.8 Å². The van der Waals surface area contributed by atoms with Gasteiger partial charge in [0.1, 0.15) is 0 Å². The highest BCUT2D eigenvalue weighted by atomic mass is 16.7. The molecule has 0 spiro atoms. The first kappa shape index (κ1) is 22.4. The minimum atomic E-state index is -0.365. The zero-order chi connectivity index (χ0) is 24.6. The van der Waals surface area contributed by atoms with Crippen LogP contribution >= 0.6 is 0 Å². The highest BCUT2D eigenvalue weighted by molar-refractivity contribution is 6.07. The number of amides is 3. The number of anilines is 2. The Kier molecular flexibility index (Phi) is 5.71. The Balaban J connectivity index is 1.06. The van der Waals surface area contributed by atoms with E-state index in [-0.39, 0.29) is 42.8 Å². The number of nitrogens with zero attached hydrogens (tertiary/aromatic N) is 2. The maximum atomic E-state index is 13.3. The van der Waals surface area contributed by atoms with E-state index in [9.17, 15) is 14.4 Å². The number of rotatable bonds is 4. The van der Waals surface area contributed by atoms with Crippen LogP contribution in [0.2, 0.25) is 0 Å². The second-order valence-corrected chi connectivity index (χ2v) is 9.56. The van der Waals surface area contributed by atoms with E-state index in [2.05, 4.69) is 5.32 Å². The van der Waals surface area contributed by atoms with Gasteiger partial charge in [-0.1, -0.05) is 36.4 Å². The molecule has 8 heteroatoms. The van der Waals surface area contributed by atoms with E-state index in [4.69, 9.17) is 9.47 Å². The number of fused-ring (bicyclic) bond motifs is 2. The van der Waals surface area contributed by atoms with Crippen molar-refractivity contribution in [2.45, 2.75) is 19.3 Å². The normalized spacial score (nSPS) is 19.7. The van der Waals surface area contributed by atoms with Gasteiger partial charge in [0, 0.05) is 49.1 Å². The van der Waals surface area contributed by atoms with Gasteiger partial charge in [-0.2, -0.15) is 0 Å². The molecular formula is C28H27N3O5. The van der Waals surface area contributed by atoms with Crippen LogP contribution in [0.4, 0.5) is 11.4 Å². The number of hydrogen-bond donors (Lipinski definition) is 1. The highest BCUT2D eigenvalue weighted by Gasteiger charge is 2.39. The quantitative estimate of drug-likeness (QED) is 0.607. The van der Waals surface area contributed by atoms with Crippen LogP contribution < -0.4 is 19.7 Å². The molecule has 2 saturated heterocycles. The van der Waals surface area contributed by atoms with Crippen molar-refractivity contribution in [1.82, 2.24) is 4.90 Å². The summed E-state index contributed by atoms with van der Waals surface area (Å²) in [6.45, 7) is 1.59. The molecule has 0 bridgehead atoms. The van der Waals surface area contributed by atoms with Crippen LogP contribution in [0.5, 0.6) is 11.5 Å². The third kappa shape index (κ3) is 4.12. The molecule has 8 nitrogen and oxygen atoms in total. The van der Waals surface area contributed by atoms with Gasteiger partial charge in [0.25, 0.3) is 0 Å². The van der Waals surface area contributed by atoms with Crippen molar-refractivity contribution < 1.29 is 23.9 Å². The van der Waals surface area contributed by atoms with Crippen molar-refractivity contribution in [3.05, 3.63) is 60.7 Å². The van der Waals surface area contributed by atoms with E-state index in [1.54, 1.807) is 23.1 Å². The van der Waals surface area contributed by atoms with Gasteiger partial charge in [-0.05, 0) is 36.4 Å². The fourth-order valence-electron chi connectivity index (χ4n) is 5.39. The van der Waals surface area contributed by atoms with E-state index >= 15 is 0 Å². The predicted molar refractivity (Wildman–Crippen MR) is 135 cm³/mol. The maximum absolute atomic E-state index is 13.3. The molecule has 0 unspecified atom stereocenters. The molecule has 3 aliphatic heterocycles. The molecule has 0 saturated carbocycles. The second kappa shape index (κ2) is 9.18. The Morgan fingerprint density at radius 3 is 2.53 bits per heavy atom. The number of likely N-dealkylation sites (tertiary alicyclic amines) is 1. The smallest absolute Gasteiger partial charge is 0.231 e. The first-order valence-electron chi connectivity index (χ1n) is 12.3. The van der Waals surface area contributed by atoms with Crippen LogP contribution in [0.3, 0.4) is 0 Å². The number of nitrogens with one attached hydrogen (secondary N) is 1. The highest BCUT2D eigenvalue weighted by Crippen LogP contribution is 2.35. The van der Waals surface area contributed by atoms with Crippen LogP contribution in [0, 0.1) is 11.8 Å². The van der Waals surface area contributed by atoms with Gasteiger partial charge in [-0.3, -0.25) is 14.4 Å². The lowest BCUT2D eigenvalue weighted by atomic mass is 9.94. The van der Waals surface area contributed by atoms with Crippen molar-refractivity contribution in [3.63, 3.8) is 0 Å². The Morgan fingerprint density at radius 2 is 1.67 bits per heavy atom. The van der Waals surface area contributed by atoms with Crippen LogP contribution in [0.1, 0.15) is 19.3 Å². The molecule has 0 radical (unpaired) electrons. The van der Waals surface area contributed by atoms with Crippen LogP contribution in [-0.4, -0.2) is 49.0 Å². The molecule has 3 aromatic carbocycles. The molecule has 36 heavy (non-hydrogen) atoms. The van der Waals surface area contributed by atoms with Crippen molar-refractivity contribution in [2.24, 2.45) is 11.8 Å². The van der Waals surface area contributed by atoms with E-state index in [0.717, 1.165) is 16.5 Å². The first-order valence-corrected chi connectivity index (χ1v) is 12.3. The summed E-state index contributed by atoms with van der Waals surface area (Å²) in [5, 5.41) is 5.03. The Morgan fingerprint density at radius 1 is 0.889 bits per heavy atom. The fraction of sp³-hybridized carbons (Fsp3) is 0.321. The largest absolute Gasteiger partial charge is 0.454 e. The molecule has 1 atom stereocenters. The van der Waals surface area contributed by atoms with Gasteiger partial charge < -0.3 is 24.6 Å². The van der Waals surface area contributed by atoms with Crippen LogP contribution in [0.15, 0.2) is 60.7 Å². The monoisotopic (exact) mass is 485 g/mol. The molecule has 6 rings (SSSR count). The number of carbonyl (C=O) groups excluding carboxylic acids is 3. The average molecular weight is 486 g/mol. The molecule has 3 aromatic rings. The number of ether oxygens (including phenoxy) is 2. The van der Waals surface area contributed by atoms with Gasteiger partial charge in [-0.15, -0.1) is 0 Å². The van der Waals surface area contributed by atoms with E-state index in [1.807, 2.05) is 47.4 Å². The van der Waals surface area contributed by atoms with Gasteiger partial charge >= 0.3 is 0 Å². The molecule has 3 amide bonds. The summed E-state index contributed by atoms with van der Waals surface area (Å²) in [5.41, 5.74) is 1.52. The zero-order valence-electron chi connectivity index (χ0n) is 19.8. The lowest BCUT2D eigenvalue weighted by molar-refractivity contribution is -0.138. The summed E-state index contributed by atoms with van der Waals surface area (Å²) in [6, 6.07) is 19.2. The average Bonchev–Trinajstić information content (AvgIpc) is 3.54. The first-order chi connectivity index (χ1) is 17.6. The van der Waals surface area contributed by atoms with E-state index in [0.29, 0.717) is 49.7 Å². The van der Waals surface area contributed by atoms with Gasteiger partial charge in [0.05, 0.1) is 11.6 Å². The summed E-state index contributed by atoms with van der Waals surface area (Å²) in [5.74, 6) is 0.677. The Hall–Kier alpha value is -4.07. The van der Waals surface area contributed by atoms with Crippen molar-refractivity contribution in [1.29, 1.82) is 0 Å². The zero-order valence-corrected chi connectivity index (χ0v) is 19.8. The Bertz CT molecular complexity index is 1340. The van der Waals surface area contributed by atoms with Gasteiger partial charge in [0.15, 0.2) is 11.5 Å². The number of benzene rings is 3. The number of piperidine rings is 1. The molecule has 0 aliphatic carbocycles. The molecular weight excluding hydrogens is 458 g/mol. The minimum Gasteiger partial charge on any atom is -0.454 e. The summed E-state index contributed by atoms with van der Waals surface area (Å²) < 4.78 is 10.7. The standard InChI is InChI=1S/C28H27N3O5/c32-26-14-20(16-31(26)23-7-3-5-18-4-1-2-6-22(18)23)28(34)30-12-10-19(11-13-30)27(33)29-21-8-9-24-25(15-21)36-17-35-24/h1-9,15,19-20H,10-14,16-17H2,(H,29,33)/t20-/m0/s1. The SMILES string of the molecule is O=C(Nc1ccc2c(c1)OCO2)C1CCN(C(=O)[C@H]2CC(=O)N(c3cccc4ccccc34)C2)CC1. The van der Waals surface area contributed by atoms with Crippen molar-refractivity contribution in [3.8, 4) is 11.5 Å². The van der Waals surface area contributed by atoms with Gasteiger partial charge in [-0.25, -0.2) is 0 Å². The number of hydrogen-bond acceptors (Lipinski definition) is 5. The summed E-state index contributed by atoms with van der Waals surface area (Å²) in [7, 11) is 0. The summed E-state index contributed by atoms with van der Waals surface area (Å²) in [6.07, 6.45) is 1.40. The molecule has 3 aliphatic rings. The summed E-state index contributed by atoms with van der Waals surface area (Å²) in [4.78, 5) is 42.5. The van der Waals surface area contributed by atoms with E-state index in [1.165, 1.54) is 0 Å². The molecule has 3 heterocycles. The maximum Gasteiger partial charge on any atom is 0.231 e. The topological polar surface area (TPSA) is 88.2 Å². The van der Waals surface area contributed by atoms with Gasteiger partial charge in [0.2, 0.25) is 24.5 Å². The van der Waals surface area contributed by atoms with Crippen molar-refractivity contribution in [2.75, 3.05) is 36.6 Å². The second-order valence-electron chi connectivity index (χ2n) is 9.56.